The van der Waals surface area contributed by atoms with Crippen molar-refractivity contribution in [2.24, 2.45) is 0 Å². The summed E-state index contributed by atoms with van der Waals surface area (Å²) in [6.07, 6.45) is 2.07. The molecule has 0 saturated carbocycles. The molecule has 1 aromatic rings. The van der Waals surface area contributed by atoms with Crippen molar-refractivity contribution in [3.05, 3.63) is 11.1 Å². The molecule has 0 aliphatic rings. The van der Waals surface area contributed by atoms with Gasteiger partial charge in [-0.15, -0.1) is 11.3 Å². The van der Waals surface area contributed by atoms with Crippen LogP contribution in [0.2, 0.25) is 0 Å². The molecule has 1 amide bonds. The molecule has 1 rings (SSSR count). The van der Waals surface area contributed by atoms with E-state index in [2.05, 4.69) is 11.9 Å². The van der Waals surface area contributed by atoms with Crippen molar-refractivity contribution in [2.45, 2.75) is 32.7 Å². The van der Waals surface area contributed by atoms with Crippen LogP contribution in [-0.2, 0) is 0 Å². The summed E-state index contributed by atoms with van der Waals surface area (Å²) in [6.45, 7) is 4.15. The number of carbonyl (C=O) groups excluding carboxylic acids is 1. The predicted molar refractivity (Wildman–Crippen MR) is 63.0 cm³/mol. The molecule has 1 heterocycles. The van der Waals surface area contributed by atoms with Crippen molar-refractivity contribution in [3.8, 4) is 0 Å². The number of amides is 1. The van der Waals surface area contributed by atoms with Gasteiger partial charge < -0.3 is 10.6 Å². The zero-order valence-electron chi connectivity index (χ0n) is 9.36. The maximum atomic E-state index is 11.9. The van der Waals surface area contributed by atoms with Gasteiger partial charge in [-0.2, -0.15) is 0 Å². The SMILES string of the molecule is CCCC(C)N(C)C(=O)c1csc(N)n1. The first-order valence-corrected chi connectivity index (χ1v) is 5.92. The Balaban J connectivity index is 2.68. The molecular weight excluding hydrogens is 210 g/mol. The summed E-state index contributed by atoms with van der Waals surface area (Å²) in [5.74, 6) is -0.0519. The van der Waals surface area contributed by atoms with E-state index >= 15 is 0 Å². The summed E-state index contributed by atoms with van der Waals surface area (Å²) >= 11 is 1.29. The number of hydrogen-bond acceptors (Lipinski definition) is 4. The van der Waals surface area contributed by atoms with E-state index in [0.717, 1.165) is 12.8 Å². The Morgan fingerprint density at radius 1 is 1.73 bits per heavy atom. The van der Waals surface area contributed by atoms with Crippen LogP contribution in [-0.4, -0.2) is 28.9 Å². The Bertz CT molecular complexity index is 337. The highest BCUT2D eigenvalue weighted by molar-refractivity contribution is 7.13. The second kappa shape index (κ2) is 5.11. The van der Waals surface area contributed by atoms with Crippen molar-refractivity contribution in [1.82, 2.24) is 9.88 Å². The summed E-state index contributed by atoms with van der Waals surface area (Å²) in [4.78, 5) is 17.6. The second-order valence-corrected chi connectivity index (χ2v) is 4.51. The third kappa shape index (κ3) is 2.92. The Morgan fingerprint density at radius 3 is 2.87 bits per heavy atom. The first kappa shape index (κ1) is 12.0. The van der Waals surface area contributed by atoms with Gasteiger partial charge in [0.1, 0.15) is 5.69 Å². The van der Waals surface area contributed by atoms with E-state index in [1.807, 2.05) is 6.92 Å². The van der Waals surface area contributed by atoms with E-state index in [1.165, 1.54) is 11.3 Å². The molecule has 1 aromatic heterocycles. The highest BCUT2D eigenvalue weighted by Gasteiger charge is 2.18. The number of anilines is 1. The summed E-state index contributed by atoms with van der Waals surface area (Å²) in [7, 11) is 1.80. The molecule has 1 atom stereocenters. The minimum atomic E-state index is -0.0519. The van der Waals surface area contributed by atoms with E-state index in [4.69, 9.17) is 5.73 Å². The lowest BCUT2D eigenvalue weighted by molar-refractivity contribution is 0.0732. The van der Waals surface area contributed by atoms with Crippen LogP contribution in [0, 0.1) is 0 Å². The zero-order chi connectivity index (χ0) is 11.4. The maximum absolute atomic E-state index is 11.9. The molecule has 1 unspecified atom stereocenters. The van der Waals surface area contributed by atoms with Gasteiger partial charge in [0.15, 0.2) is 5.13 Å². The first-order valence-electron chi connectivity index (χ1n) is 5.04. The van der Waals surface area contributed by atoms with Crippen LogP contribution < -0.4 is 5.73 Å². The Hall–Kier alpha value is -1.10. The summed E-state index contributed by atoms with van der Waals surface area (Å²) in [5, 5.41) is 2.14. The third-order valence-electron chi connectivity index (χ3n) is 2.43. The minimum absolute atomic E-state index is 0.0519. The van der Waals surface area contributed by atoms with Gasteiger partial charge in [0.05, 0.1) is 0 Å². The number of nitrogen functional groups attached to an aromatic ring is 1. The topological polar surface area (TPSA) is 59.2 Å². The molecule has 0 radical (unpaired) electrons. The highest BCUT2D eigenvalue weighted by atomic mass is 32.1. The van der Waals surface area contributed by atoms with Crippen LogP contribution in [0.15, 0.2) is 5.38 Å². The molecule has 0 saturated heterocycles. The number of thiazole rings is 1. The maximum Gasteiger partial charge on any atom is 0.273 e. The van der Waals surface area contributed by atoms with Crippen molar-refractivity contribution in [1.29, 1.82) is 0 Å². The van der Waals surface area contributed by atoms with Gasteiger partial charge in [0.25, 0.3) is 5.91 Å². The van der Waals surface area contributed by atoms with E-state index in [9.17, 15) is 4.79 Å². The van der Waals surface area contributed by atoms with Gasteiger partial charge >= 0.3 is 0 Å². The normalized spacial score (nSPS) is 12.5. The molecule has 15 heavy (non-hydrogen) atoms. The molecule has 0 aromatic carbocycles. The van der Waals surface area contributed by atoms with E-state index < -0.39 is 0 Å². The molecule has 84 valence electrons. The van der Waals surface area contributed by atoms with Gasteiger partial charge in [-0.3, -0.25) is 4.79 Å². The zero-order valence-corrected chi connectivity index (χ0v) is 10.2. The molecule has 0 fully saturated rings. The van der Waals surface area contributed by atoms with E-state index in [1.54, 1.807) is 17.3 Å². The second-order valence-electron chi connectivity index (χ2n) is 3.62. The average Bonchev–Trinajstić information content (AvgIpc) is 2.63. The van der Waals surface area contributed by atoms with Crippen LogP contribution in [0.25, 0.3) is 0 Å². The summed E-state index contributed by atoms with van der Waals surface area (Å²) < 4.78 is 0. The Kier molecular flexibility index (Phi) is 4.08. The first-order chi connectivity index (χ1) is 7.06. The Labute approximate surface area is 94.1 Å². The molecule has 0 spiro atoms. The quantitative estimate of drug-likeness (QED) is 0.855. The fourth-order valence-corrected chi connectivity index (χ4v) is 1.92. The standard InChI is InChI=1S/C10H17N3OS/c1-4-5-7(2)13(3)9(14)8-6-15-10(11)12-8/h6-7H,4-5H2,1-3H3,(H2,11,12). The molecule has 5 heteroatoms. The third-order valence-corrected chi connectivity index (χ3v) is 3.10. The van der Waals surface area contributed by atoms with Crippen molar-refractivity contribution < 1.29 is 4.79 Å². The molecule has 4 nitrogen and oxygen atoms in total. The van der Waals surface area contributed by atoms with Gasteiger partial charge in [-0.25, -0.2) is 4.98 Å². The number of carbonyl (C=O) groups is 1. The molecular formula is C10H17N3OS. The fraction of sp³-hybridized carbons (Fsp3) is 0.600. The smallest absolute Gasteiger partial charge is 0.273 e. The van der Waals surface area contributed by atoms with Crippen molar-refractivity contribution in [3.63, 3.8) is 0 Å². The van der Waals surface area contributed by atoms with Gasteiger partial charge in [-0.05, 0) is 13.3 Å². The van der Waals surface area contributed by atoms with Gasteiger partial charge in [0, 0.05) is 18.5 Å². The molecule has 2 N–H and O–H groups in total. The predicted octanol–water partition coefficient (Wildman–Crippen LogP) is 1.99. The van der Waals surface area contributed by atoms with Gasteiger partial charge in [0.2, 0.25) is 0 Å². The lowest BCUT2D eigenvalue weighted by Gasteiger charge is -2.23. The number of aromatic nitrogens is 1. The number of hydrogen-bond donors (Lipinski definition) is 1. The van der Waals surface area contributed by atoms with Crippen LogP contribution in [0.3, 0.4) is 0 Å². The van der Waals surface area contributed by atoms with Crippen molar-refractivity contribution >= 4 is 22.4 Å². The van der Waals surface area contributed by atoms with E-state index in [0.29, 0.717) is 10.8 Å². The number of nitrogens with zero attached hydrogens (tertiary/aromatic N) is 2. The summed E-state index contributed by atoms with van der Waals surface area (Å²) in [6, 6.07) is 0.241. The van der Waals surface area contributed by atoms with Crippen LogP contribution in [0.4, 0.5) is 5.13 Å². The minimum Gasteiger partial charge on any atom is -0.375 e. The largest absolute Gasteiger partial charge is 0.375 e. The van der Waals surface area contributed by atoms with Crippen LogP contribution in [0.5, 0.6) is 0 Å². The molecule has 0 aliphatic heterocycles. The average molecular weight is 227 g/mol. The summed E-state index contributed by atoms with van der Waals surface area (Å²) in [5.41, 5.74) is 5.94. The fourth-order valence-electron chi connectivity index (χ4n) is 1.38. The molecule has 0 bridgehead atoms. The lowest BCUT2D eigenvalue weighted by atomic mass is 10.1. The van der Waals surface area contributed by atoms with Gasteiger partial charge in [-0.1, -0.05) is 13.3 Å². The van der Waals surface area contributed by atoms with Crippen LogP contribution in [0.1, 0.15) is 37.2 Å². The number of rotatable bonds is 4. The highest BCUT2D eigenvalue weighted by Crippen LogP contribution is 2.14. The van der Waals surface area contributed by atoms with Crippen molar-refractivity contribution in [2.75, 3.05) is 12.8 Å². The Morgan fingerprint density at radius 2 is 2.40 bits per heavy atom. The molecule has 0 aliphatic carbocycles. The van der Waals surface area contributed by atoms with E-state index in [-0.39, 0.29) is 11.9 Å². The van der Waals surface area contributed by atoms with Crippen LogP contribution >= 0.6 is 11.3 Å². The monoisotopic (exact) mass is 227 g/mol. The lowest BCUT2D eigenvalue weighted by Crippen LogP contribution is -2.35. The number of nitrogens with two attached hydrogens (primary N) is 1.